The number of hydrogen-bond donors (Lipinski definition) is 1. The molecule has 19 heavy (non-hydrogen) atoms. The lowest BCUT2D eigenvalue weighted by atomic mass is 10.1. The van der Waals surface area contributed by atoms with Crippen molar-refractivity contribution in [2.75, 3.05) is 0 Å². The number of aromatic nitrogens is 2. The van der Waals surface area contributed by atoms with Crippen molar-refractivity contribution >= 4 is 5.97 Å². The Labute approximate surface area is 112 Å². The second kappa shape index (κ2) is 5.69. The molecule has 2 rings (SSSR count). The number of carboxylic acid groups (broad SMARTS) is 1. The van der Waals surface area contributed by atoms with Crippen LogP contribution in [0.2, 0.25) is 0 Å². The average Bonchev–Trinajstić information content (AvgIpc) is 2.82. The number of carbonyl (C=O) groups is 1. The number of nitrogens with zero attached hydrogens (tertiary/aromatic N) is 2. The van der Waals surface area contributed by atoms with Gasteiger partial charge >= 0.3 is 5.97 Å². The Morgan fingerprint density at radius 3 is 2.58 bits per heavy atom. The van der Waals surface area contributed by atoms with Gasteiger partial charge in [-0.2, -0.15) is 5.10 Å². The molecule has 1 N–H and O–H groups in total. The van der Waals surface area contributed by atoms with Crippen molar-refractivity contribution in [3.8, 4) is 11.3 Å². The van der Waals surface area contributed by atoms with Crippen molar-refractivity contribution in [1.29, 1.82) is 0 Å². The monoisotopic (exact) mass is 258 g/mol. The first kappa shape index (κ1) is 13.3. The number of carboxylic acids is 1. The molecule has 1 aromatic heterocycles. The first-order valence-corrected chi connectivity index (χ1v) is 6.44. The van der Waals surface area contributed by atoms with Crippen LogP contribution < -0.4 is 0 Å². The molecule has 0 saturated heterocycles. The quantitative estimate of drug-likeness (QED) is 0.895. The highest BCUT2D eigenvalue weighted by molar-refractivity contribution is 5.94. The van der Waals surface area contributed by atoms with E-state index in [4.69, 9.17) is 0 Å². The van der Waals surface area contributed by atoms with Gasteiger partial charge in [0.2, 0.25) is 0 Å². The maximum atomic E-state index is 11.3. The van der Waals surface area contributed by atoms with Gasteiger partial charge in [0.25, 0.3) is 0 Å². The van der Waals surface area contributed by atoms with E-state index >= 15 is 0 Å². The molecule has 0 aliphatic heterocycles. The molecule has 4 heteroatoms. The van der Waals surface area contributed by atoms with Gasteiger partial charge < -0.3 is 5.11 Å². The van der Waals surface area contributed by atoms with E-state index in [0.717, 1.165) is 18.5 Å². The standard InChI is InChI=1S/C15H18N2O2/c1-11(2)8-9-17-10-13(15(18)19)14(16-17)12-6-4-3-5-7-12/h3-7,10-11H,8-9H2,1-2H3,(H,18,19). The van der Waals surface area contributed by atoms with Crippen molar-refractivity contribution in [1.82, 2.24) is 9.78 Å². The molecule has 0 aliphatic rings. The largest absolute Gasteiger partial charge is 0.478 e. The van der Waals surface area contributed by atoms with Crippen molar-refractivity contribution in [3.05, 3.63) is 42.1 Å². The van der Waals surface area contributed by atoms with Crippen molar-refractivity contribution in [2.45, 2.75) is 26.8 Å². The zero-order valence-electron chi connectivity index (χ0n) is 11.2. The molecule has 0 saturated carbocycles. The zero-order chi connectivity index (χ0) is 13.8. The summed E-state index contributed by atoms with van der Waals surface area (Å²) < 4.78 is 1.73. The summed E-state index contributed by atoms with van der Waals surface area (Å²) in [5.41, 5.74) is 1.63. The third kappa shape index (κ3) is 3.22. The van der Waals surface area contributed by atoms with Gasteiger partial charge in [-0.15, -0.1) is 0 Å². The van der Waals surface area contributed by atoms with E-state index < -0.39 is 5.97 Å². The third-order valence-electron chi connectivity index (χ3n) is 2.97. The Morgan fingerprint density at radius 1 is 1.32 bits per heavy atom. The molecule has 4 nitrogen and oxygen atoms in total. The summed E-state index contributed by atoms with van der Waals surface area (Å²) in [6.07, 6.45) is 2.60. The summed E-state index contributed by atoms with van der Waals surface area (Å²) in [6, 6.07) is 9.42. The zero-order valence-corrected chi connectivity index (χ0v) is 11.2. The van der Waals surface area contributed by atoms with Crippen LogP contribution in [0.25, 0.3) is 11.3 Å². The summed E-state index contributed by atoms with van der Waals surface area (Å²) in [7, 11) is 0. The summed E-state index contributed by atoms with van der Waals surface area (Å²) in [5.74, 6) is -0.368. The third-order valence-corrected chi connectivity index (χ3v) is 2.97. The normalized spacial score (nSPS) is 10.9. The molecule has 1 aromatic carbocycles. The number of hydrogen-bond acceptors (Lipinski definition) is 2. The van der Waals surface area contributed by atoms with Crippen LogP contribution in [0, 0.1) is 5.92 Å². The predicted molar refractivity (Wildman–Crippen MR) is 74.1 cm³/mol. The van der Waals surface area contributed by atoms with Gasteiger partial charge in [0.05, 0.1) is 0 Å². The van der Waals surface area contributed by atoms with Crippen LogP contribution in [0.1, 0.15) is 30.6 Å². The molecule has 2 aromatic rings. The van der Waals surface area contributed by atoms with E-state index in [1.165, 1.54) is 0 Å². The molecular weight excluding hydrogens is 240 g/mol. The molecule has 0 unspecified atom stereocenters. The van der Waals surface area contributed by atoms with Crippen LogP contribution >= 0.6 is 0 Å². The minimum absolute atomic E-state index is 0.259. The molecular formula is C15H18N2O2. The average molecular weight is 258 g/mol. The smallest absolute Gasteiger partial charge is 0.339 e. The number of rotatable bonds is 5. The van der Waals surface area contributed by atoms with E-state index in [0.29, 0.717) is 11.6 Å². The van der Waals surface area contributed by atoms with Crippen LogP contribution in [-0.2, 0) is 6.54 Å². The maximum absolute atomic E-state index is 11.3. The van der Waals surface area contributed by atoms with Gasteiger partial charge in [0, 0.05) is 18.3 Å². The van der Waals surface area contributed by atoms with Crippen LogP contribution in [0.5, 0.6) is 0 Å². The number of aromatic carboxylic acids is 1. The fraction of sp³-hybridized carbons (Fsp3) is 0.333. The first-order chi connectivity index (χ1) is 9.08. The molecule has 1 heterocycles. The van der Waals surface area contributed by atoms with E-state index in [1.54, 1.807) is 10.9 Å². The Morgan fingerprint density at radius 2 is 2.00 bits per heavy atom. The molecule has 0 aliphatic carbocycles. The Kier molecular flexibility index (Phi) is 4.00. The second-order valence-corrected chi connectivity index (χ2v) is 5.01. The van der Waals surface area contributed by atoms with E-state index in [9.17, 15) is 9.90 Å². The molecule has 0 fully saturated rings. The van der Waals surface area contributed by atoms with Crippen LogP contribution in [0.15, 0.2) is 36.5 Å². The van der Waals surface area contributed by atoms with E-state index in [2.05, 4.69) is 18.9 Å². The Balaban J connectivity index is 2.34. The van der Waals surface area contributed by atoms with Crippen LogP contribution in [0.3, 0.4) is 0 Å². The van der Waals surface area contributed by atoms with Gasteiger partial charge in [0.1, 0.15) is 11.3 Å². The fourth-order valence-electron chi connectivity index (χ4n) is 1.89. The van der Waals surface area contributed by atoms with E-state index in [1.807, 2.05) is 30.3 Å². The number of benzene rings is 1. The molecule has 0 spiro atoms. The second-order valence-electron chi connectivity index (χ2n) is 5.01. The first-order valence-electron chi connectivity index (χ1n) is 6.44. The van der Waals surface area contributed by atoms with Gasteiger partial charge in [-0.05, 0) is 12.3 Å². The highest BCUT2D eigenvalue weighted by Gasteiger charge is 2.16. The lowest BCUT2D eigenvalue weighted by Crippen LogP contribution is -2.02. The highest BCUT2D eigenvalue weighted by Crippen LogP contribution is 2.22. The minimum atomic E-state index is -0.936. The SMILES string of the molecule is CC(C)CCn1cc(C(=O)O)c(-c2ccccc2)n1. The van der Waals surface area contributed by atoms with Crippen LogP contribution in [0.4, 0.5) is 0 Å². The van der Waals surface area contributed by atoms with Crippen molar-refractivity contribution in [2.24, 2.45) is 5.92 Å². The summed E-state index contributed by atoms with van der Waals surface area (Å²) in [5, 5.41) is 13.7. The van der Waals surface area contributed by atoms with Crippen molar-refractivity contribution in [3.63, 3.8) is 0 Å². The Bertz CT molecular complexity index is 559. The Hall–Kier alpha value is -2.10. The highest BCUT2D eigenvalue weighted by atomic mass is 16.4. The van der Waals surface area contributed by atoms with Gasteiger partial charge in [-0.25, -0.2) is 4.79 Å². The summed E-state index contributed by atoms with van der Waals surface area (Å²) >= 11 is 0. The fourth-order valence-corrected chi connectivity index (χ4v) is 1.89. The molecule has 100 valence electrons. The molecule has 0 amide bonds. The van der Waals surface area contributed by atoms with Crippen molar-refractivity contribution < 1.29 is 9.90 Å². The lowest BCUT2D eigenvalue weighted by Gasteiger charge is -2.04. The molecule has 0 radical (unpaired) electrons. The predicted octanol–water partition coefficient (Wildman–Crippen LogP) is 3.29. The van der Waals surface area contributed by atoms with E-state index in [-0.39, 0.29) is 5.56 Å². The summed E-state index contributed by atoms with van der Waals surface area (Å²) in [4.78, 5) is 11.3. The van der Waals surface area contributed by atoms with Crippen LogP contribution in [-0.4, -0.2) is 20.9 Å². The van der Waals surface area contributed by atoms with Gasteiger partial charge in [0.15, 0.2) is 0 Å². The maximum Gasteiger partial charge on any atom is 0.339 e. The lowest BCUT2D eigenvalue weighted by molar-refractivity contribution is 0.0697. The molecule has 0 atom stereocenters. The minimum Gasteiger partial charge on any atom is -0.478 e. The molecule has 0 bridgehead atoms. The number of aryl methyl sites for hydroxylation is 1. The van der Waals surface area contributed by atoms with Gasteiger partial charge in [-0.1, -0.05) is 44.2 Å². The summed E-state index contributed by atoms with van der Waals surface area (Å²) in [6.45, 7) is 5.02. The topological polar surface area (TPSA) is 55.1 Å². The van der Waals surface area contributed by atoms with Gasteiger partial charge in [-0.3, -0.25) is 4.68 Å².